The second-order valence-corrected chi connectivity index (χ2v) is 8.91. The first kappa shape index (κ1) is 21.5. The first-order valence-electron chi connectivity index (χ1n) is 11.1. The molecule has 0 radical (unpaired) electrons. The van der Waals surface area contributed by atoms with E-state index in [2.05, 4.69) is 15.2 Å². The summed E-state index contributed by atoms with van der Waals surface area (Å²) in [5, 5.41) is 8.39. The number of pyridine rings is 1. The summed E-state index contributed by atoms with van der Waals surface area (Å²) in [4.78, 5) is 21.1. The van der Waals surface area contributed by atoms with Crippen LogP contribution in [0.5, 0.6) is 5.88 Å². The molecule has 2 fully saturated rings. The Hall–Kier alpha value is -3.36. The van der Waals surface area contributed by atoms with Crippen molar-refractivity contribution in [2.24, 2.45) is 5.92 Å². The van der Waals surface area contributed by atoms with Crippen LogP contribution in [0.4, 0.5) is 8.78 Å². The van der Waals surface area contributed by atoms with Crippen LogP contribution in [0.25, 0.3) is 5.69 Å². The lowest BCUT2D eigenvalue weighted by atomic mass is 9.90. The molecule has 172 valence electrons. The van der Waals surface area contributed by atoms with Gasteiger partial charge >= 0.3 is 0 Å². The van der Waals surface area contributed by atoms with Crippen molar-refractivity contribution < 1.29 is 18.3 Å². The molecule has 2 aromatic heterocycles. The lowest BCUT2D eigenvalue weighted by molar-refractivity contribution is 0.0119. The maximum Gasteiger partial charge on any atom is 0.287 e. The lowest BCUT2D eigenvalue weighted by Crippen LogP contribution is -2.38. The molecular formula is C24H25F2N5O2. The van der Waals surface area contributed by atoms with Crippen LogP contribution in [-0.4, -0.2) is 49.5 Å². The highest BCUT2D eigenvalue weighted by atomic mass is 19.3. The minimum Gasteiger partial charge on any atom is -0.477 e. The predicted octanol–water partition coefficient (Wildman–Crippen LogP) is 4.15. The molecule has 3 atom stereocenters. The van der Waals surface area contributed by atoms with E-state index in [-0.39, 0.29) is 35.5 Å². The summed E-state index contributed by atoms with van der Waals surface area (Å²) in [6, 6.07) is 10.3. The number of aromatic nitrogens is 4. The van der Waals surface area contributed by atoms with Gasteiger partial charge < -0.3 is 9.64 Å². The van der Waals surface area contributed by atoms with Crippen LogP contribution in [0.15, 0.2) is 48.8 Å². The Morgan fingerprint density at radius 2 is 1.97 bits per heavy atom. The van der Waals surface area contributed by atoms with Crippen molar-refractivity contribution in [1.29, 1.82) is 0 Å². The third kappa shape index (κ3) is 4.07. The molecule has 1 amide bonds. The topological polar surface area (TPSA) is 73.1 Å². The van der Waals surface area contributed by atoms with E-state index in [4.69, 9.17) is 4.74 Å². The highest BCUT2D eigenvalue weighted by molar-refractivity contribution is 5.98. The normalized spacial score (nSPS) is 22.1. The van der Waals surface area contributed by atoms with Gasteiger partial charge in [0, 0.05) is 31.0 Å². The molecule has 0 aliphatic carbocycles. The number of amides is 1. The number of aryl methyl sites for hydroxylation is 1. The molecule has 4 heterocycles. The van der Waals surface area contributed by atoms with Crippen molar-refractivity contribution in [2.75, 3.05) is 6.61 Å². The summed E-state index contributed by atoms with van der Waals surface area (Å²) in [7, 11) is 0. The summed E-state index contributed by atoms with van der Waals surface area (Å²) in [6.45, 7) is 3.10. The monoisotopic (exact) mass is 453 g/mol. The number of carbonyl (C=O) groups is 1. The van der Waals surface area contributed by atoms with Crippen molar-refractivity contribution in [2.45, 2.75) is 51.1 Å². The number of rotatable bonds is 6. The molecule has 3 aromatic rings. The number of benzene rings is 1. The second-order valence-electron chi connectivity index (χ2n) is 8.91. The van der Waals surface area contributed by atoms with Crippen LogP contribution < -0.4 is 4.74 Å². The molecule has 0 spiro atoms. The molecule has 2 bridgehead atoms. The molecule has 2 saturated heterocycles. The van der Waals surface area contributed by atoms with Crippen molar-refractivity contribution in [1.82, 2.24) is 24.9 Å². The van der Waals surface area contributed by atoms with Gasteiger partial charge in [0.05, 0.1) is 30.3 Å². The van der Waals surface area contributed by atoms with E-state index in [1.54, 1.807) is 18.5 Å². The minimum atomic E-state index is -3.02. The van der Waals surface area contributed by atoms with E-state index in [9.17, 15) is 13.6 Å². The van der Waals surface area contributed by atoms with E-state index in [0.29, 0.717) is 17.9 Å². The zero-order valence-corrected chi connectivity index (χ0v) is 18.5. The van der Waals surface area contributed by atoms with Gasteiger partial charge in [-0.3, -0.25) is 4.79 Å². The van der Waals surface area contributed by atoms with Crippen LogP contribution in [0, 0.1) is 12.8 Å². The lowest BCUT2D eigenvalue weighted by Gasteiger charge is -2.25. The minimum absolute atomic E-state index is 0.0354. The second kappa shape index (κ2) is 8.20. The van der Waals surface area contributed by atoms with E-state index < -0.39 is 5.92 Å². The van der Waals surface area contributed by atoms with Gasteiger partial charge in [0.1, 0.15) is 5.69 Å². The molecule has 2 aliphatic rings. The summed E-state index contributed by atoms with van der Waals surface area (Å²) in [6.07, 6.45) is 5.83. The fourth-order valence-electron chi connectivity index (χ4n) is 5.02. The van der Waals surface area contributed by atoms with Gasteiger partial charge in [-0.05, 0) is 44.4 Å². The van der Waals surface area contributed by atoms with Gasteiger partial charge in [-0.2, -0.15) is 23.8 Å². The number of ether oxygens (including phenoxy) is 1. The maximum atomic E-state index is 13.7. The van der Waals surface area contributed by atoms with Gasteiger partial charge in [-0.15, -0.1) is 0 Å². The summed E-state index contributed by atoms with van der Waals surface area (Å²) in [5.74, 6) is -2.76. The molecular weight excluding hydrogens is 428 g/mol. The molecule has 5 rings (SSSR count). The van der Waals surface area contributed by atoms with Crippen molar-refractivity contribution >= 4 is 5.91 Å². The Balaban J connectivity index is 1.33. The fourth-order valence-corrected chi connectivity index (χ4v) is 5.02. The first-order valence-corrected chi connectivity index (χ1v) is 11.1. The molecule has 1 aromatic carbocycles. The van der Waals surface area contributed by atoms with Gasteiger partial charge in [-0.25, -0.2) is 4.98 Å². The highest BCUT2D eigenvalue weighted by Gasteiger charge is 2.49. The van der Waals surface area contributed by atoms with Crippen LogP contribution in [0.2, 0.25) is 0 Å². The van der Waals surface area contributed by atoms with E-state index in [0.717, 1.165) is 31.7 Å². The third-order valence-electron chi connectivity index (χ3n) is 6.54. The average Bonchev–Trinajstić information content (AvgIpc) is 3.53. The van der Waals surface area contributed by atoms with Crippen molar-refractivity contribution in [3.05, 3.63) is 65.6 Å². The van der Waals surface area contributed by atoms with E-state index >= 15 is 0 Å². The smallest absolute Gasteiger partial charge is 0.287 e. The Morgan fingerprint density at radius 1 is 1.18 bits per heavy atom. The SMILES string of the molecule is Cc1ccc(-n2nccn2)c(C(=O)N2C3CCC2C(COc2cccc(C(C)(F)F)n2)C3)c1. The van der Waals surface area contributed by atoms with Crippen LogP contribution in [0.3, 0.4) is 0 Å². The molecule has 33 heavy (non-hydrogen) atoms. The highest BCUT2D eigenvalue weighted by Crippen LogP contribution is 2.43. The Kier molecular flexibility index (Phi) is 5.34. The number of nitrogens with zero attached hydrogens (tertiary/aromatic N) is 5. The molecule has 9 heteroatoms. The standard InChI is InChI=1S/C24H25F2N5O2/c1-15-6-8-20(31-27-10-11-28-31)18(12-15)23(32)30-17-7-9-19(30)16(13-17)14-33-22-5-3-4-21(29-22)24(2,25)26/h3-6,8,10-12,16-17,19H,7,9,13-14H2,1-2H3. The van der Waals surface area contributed by atoms with Gasteiger partial charge in [0.2, 0.25) is 5.88 Å². The number of hydrogen-bond acceptors (Lipinski definition) is 5. The Labute approximate surface area is 190 Å². The quantitative estimate of drug-likeness (QED) is 0.561. The van der Waals surface area contributed by atoms with Gasteiger partial charge in [-0.1, -0.05) is 17.7 Å². The van der Waals surface area contributed by atoms with Gasteiger partial charge in [0.25, 0.3) is 11.8 Å². The van der Waals surface area contributed by atoms with Gasteiger partial charge in [0.15, 0.2) is 0 Å². The van der Waals surface area contributed by atoms with E-state index in [1.165, 1.54) is 16.9 Å². The number of fused-ring (bicyclic) bond motifs is 2. The van der Waals surface area contributed by atoms with E-state index in [1.807, 2.05) is 30.0 Å². The Morgan fingerprint density at radius 3 is 2.73 bits per heavy atom. The molecule has 2 aliphatic heterocycles. The zero-order valence-electron chi connectivity index (χ0n) is 18.5. The van der Waals surface area contributed by atoms with Crippen molar-refractivity contribution in [3.63, 3.8) is 0 Å². The molecule has 0 N–H and O–H groups in total. The van der Waals surface area contributed by atoms with Crippen LogP contribution in [-0.2, 0) is 5.92 Å². The first-order chi connectivity index (χ1) is 15.8. The maximum absolute atomic E-state index is 13.7. The predicted molar refractivity (Wildman–Crippen MR) is 116 cm³/mol. The molecule has 3 unspecified atom stereocenters. The number of alkyl halides is 2. The number of halogens is 2. The third-order valence-corrected chi connectivity index (χ3v) is 6.54. The number of carbonyl (C=O) groups excluding carboxylic acids is 1. The van der Waals surface area contributed by atoms with Crippen LogP contribution >= 0.6 is 0 Å². The molecule has 7 nitrogen and oxygen atoms in total. The van der Waals surface area contributed by atoms with Crippen molar-refractivity contribution in [3.8, 4) is 11.6 Å². The average molecular weight is 453 g/mol. The van der Waals surface area contributed by atoms with Crippen LogP contribution in [0.1, 0.15) is 47.8 Å². The number of hydrogen-bond donors (Lipinski definition) is 0. The largest absolute Gasteiger partial charge is 0.477 e. The zero-order chi connectivity index (χ0) is 23.2. The Bertz CT molecular complexity index is 1160. The molecule has 0 saturated carbocycles. The summed E-state index contributed by atoms with van der Waals surface area (Å²) < 4.78 is 33.0. The summed E-state index contributed by atoms with van der Waals surface area (Å²) in [5.41, 5.74) is 1.89. The fraction of sp³-hybridized carbons (Fsp3) is 0.417. The summed E-state index contributed by atoms with van der Waals surface area (Å²) >= 11 is 0.